The number of alkyl halides is 2. The van der Waals surface area contributed by atoms with E-state index in [1.54, 1.807) is 0 Å². The molecule has 0 amide bonds. The number of rotatable bonds is 3. The summed E-state index contributed by atoms with van der Waals surface area (Å²) in [6.45, 7) is -3.12. The molecule has 0 aliphatic carbocycles. The molecule has 1 N–H and O–H groups in total. The van der Waals surface area contributed by atoms with Gasteiger partial charge in [0, 0.05) is 6.07 Å². The fraction of sp³-hybridized carbons (Fsp3) is 0.125. The van der Waals surface area contributed by atoms with Crippen molar-refractivity contribution in [3.63, 3.8) is 0 Å². The van der Waals surface area contributed by atoms with Crippen molar-refractivity contribution in [1.82, 2.24) is 4.98 Å². The van der Waals surface area contributed by atoms with E-state index in [2.05, 4.69) is 9.72 Å². The molecule has 0 radical (unpaired) electrons. The molecule has 0 aliphatic heterocycles. The predicted molar refractivity (Wildman–Crippen MR) is 42.5 cm³/mol. The van der Waals surface area contributed by atoms with E-state index in [1.165, 1.54) is 6.07 Å². The maximum absolute atomic E-state index is 11.8. The number of carboxylic acids is 1. The summed E-state index contributed by atoms with van der Waals surface area (Å²) in [6, 6.07) is 3.31. The average molecular weight is 214 g/mol. The van der Waals surface area contributed by atoms with E-state index in [4.69, 9.17) is 10.4 Å². The number of aromatic nitrogens is 1. The highest BCUT2D eigenvalue weighted by Gasteiger charge is 2.12. The Labute approximate surface area is 82.5 Å². The van der Waals surface area contributed by atoms with Gasteiger partial charge in [-0.15, -0.1) is 0 Å². The fourth-order valence-electron chi connectivity index (χ4n) is 0.838. The summed E-state index contributed by atoms with van der Waals surface area (Å²) in [5, 5.41) is 17.0. The zero-order chi connectivity index (χ0) is 11.4. The van der Waals surface area contributed by atoms with Crippen LogP contribution < -0.4 is 4.74 Å². The molecule has 0 bridgehead atoms. The Hall–Kier alpha value is -2.23. The van der Waals surface area contributed by atoms with Gasteiger partial charge in [-0.1, -0.05) is 0 Å². The van der Waals surface area contributed by atoms with Gasteiger partial charge in [0.1, 0.15) is 11.8 Å². The highest BCUT2D eigenvalue weighted by molar-refractivity contribution is 5.88. The van der Waals surface area contributed by atoms with Gasteiger partial charge >= 0.3 is 12.6 Å². The number of carboxylic acid groups (broad SMARTS) is 1. The van der Waals surface area contributed by atoms with Crippen LogP contribution in [0.25, 0.3) is 0 Å². The van der Waals surface area contributed by atoms with Gasteiger partial charge in [0.25, 0.3) is 0 Å². The molecule has 15 heavy (non-hydrogen) atoms. The van der Waals surface area contributed by atoms with Crippen LogP contribution in [-0.4, -0.2) is 22.7 Å². The van der Waals surface area contributed by atoms with Crippen molar-refractivity contribution in [2.24, 2.45) is 0 Å². The van der Waals surface area contributed by atoms with Crippen molar-refractivity contribution in [2.45, 2.75) is 6.61 Å². The molecule has 0 atom stereocenters. The number of nitriles is 1. The van der Waals surface area contributed by atoms with Crippen LogP contribution in [0.2, 0.25) is 0 Å². The Morgan fingerprint density at radius 1 is 1.60 bits per heavy atom. The molecule has 0 saturated heterocycles. The van der Waals surface area contributed by atoms with Gasteiger partial charge < -0.3 is 9.84 Å². The molecule has 0 aliphatic rings. The molecule has 0 unspecified atom stereocenters. The summed E-state index contributed by atoms with van der Waals surface area (Å²) in [6.07, 6.45) is 0. The number of ether oxygens (including phenoxy) is 1. The van der Waals surface area contributed by atoms with Crippen molar-refractivity contribution >= 4 is 5.97 Å². The zero-order valence-electron chi connectivity index (χ0n) is 7.15. The second-order valence-corrected chi connectivity index (χ2v) is 2.37. The molecule has 1 heterocycles. The first-order chi connectivity index (χ1) is 7.02. The molecule has 0 saturated carbocycles. The predicted octanol–water partition coefficient (Wildman–Crippen LogP) is 1.25. The zero-order valence-corrected chi connectivity index (χ0v) is 7.15. The normalized spacial score (nSPS) is 9.73. The van der Waals surface area contributed by atoms with E-state index in [1.807, 2.05) is 0 Å². The summed E-state index contributed by atoms with van der Waals surface area (Å²) in [4.78, 5) is 13.9. The lowest BCUT2D eigenvalue weighted by atomic mass is 10.2. The van der Waals surface area contributed by atoms with Crippen molar-refractivity contribution in [3.05, 3.63) is 23.4 Å². The molecule has 7 heteroatoms. The van der Waals surface area contributed by atoms with E-state index in [9.17, 15) is 13.6 Å². The second-order valence-electron chi connectivity index (χ2n) is 2.37. The standard InChI is InChI=1S/C8H4F2N2O3/c9-8(10)15-6-2-4(7(13)14)1-5(3-11)12-6/h1-2,8H,(H,13,14). The Morgan fingerprint density at radius 2 is 2.27 bits per heavy atom. The first-order valence-corrected chi connectivity index (χ1v) is 3.63. The summed E-state index contributed by atoms with van der Waals surface area (Å²) in [5.41, 5.74) is -0.636. The van der Waals surface area contributed by atoms with Crippen LogP contribution in [0, 0.1) is 11.3 Å². The average Bonchev–Trinajstić information content (AvgIpc) is 2.16. The van der Waals surface area contributed by atoms with E-state index in [0.717, 1.165) is 12.1 Å². The Kier molecular flexibility index (Phi) is 3.13. The third-order valence-electron chi connectivity index (χ3n) is 1.37. The third kappa shape index (κ3) is 2.87. The molecular weight excluding hydrogens is 210 g/mol. The molecule has 0 fully saturated rings. The summed E-state index contributed by atoms with van der Waals surface area (Å²) in [7, 11) is 0. The van der Waals surface area contributed by atoms with Gasteiger partial charge in [-0.2, -0.15) is 14.0 Å². The van der Waals surface area contributed by atoms with Gasteiger partial charge in [0.05, 0.1) is 5.56 Å². The lowest BCUT2D eigenvalue weighted by Gasteiger charge is -2.04. The highest BCUT2D eigenvalue weighted by Crippen LogP contribution is 2.14. The minimum atomic E-state index is -3.12. The molecule has 0 spiro atoms. The lowest BCUT2D eigenvalue weighted by molar-refractivity contribution is -0.0529. The Balaban J connectivity index is 3.13. The van der Waals surface area contributed by atoms with Crippen molar-refractivity contribution in [1.29, 1.82) is 5.26 Å². The maximum atomic E-state index is 11.8. The van der Waals surface area contributed by atoms with Crippen LogP contribution in [-0.2, 0) is 0 Å². The number of carbonyl (C=O) groups is 1. The maximum Gasteiger partial charge on any atom is 0.388 e. The lowest BCUT2D eigenvalue weighted by Crippen LogP contribution is -2.06. The van der Waals surface area contributed by atoms with Crippen LogP contribution in [0.1, 0.15) is 16.1 Å². The molecular formula is C8H4F2N2O3. The Morgan fingerprint density at radius 3 is 2.73 bits per heavy atom. The van der Waals surface area contributed by atoms with Crippen LogP contribution in [0.4, 0.5) is 8.78 Å². The number of pyridine rings is 1. The van der Waals surface area contributed by atoms with Crippen LogP contribution >= 0.6 is 0 Å². The van der Waals surface area contributed by atoms with E-state index >= 15 is 0 Å². The molecule has 78 valence electrons. The summed E-state index contributed by atoms with van der Waals surface area (Å²) in [5.74, 6) is -1.95. The van der Waals surface area contributed by atoms with Crippen LogP contribution in [0.15, 0.2) is 12.1 Å². The van der Waals surface area contributed by atoms with Gasteiger partial charge in [-0.25, -0.2) is 9.78 Å². The molecule has 1 aromatic heterocycles. The molecule has 1 aromatic rings. The minimum absolute atomic E-state index is 0.300. The van der Waals surface area contributed by atoms with Crippen molar-refractivity contribution in [2.75, 3.05) is 0 Å². The van der Waals surface area contributed by atoms with Gasteiger partial charge in [0.15, 0.2) is 0 Å². The number of hydrogen-bond donors (Lipinski definition) is 1. The van der Waals surface area contributed by atoms with Crippen LogP contribution in [0.3, 0.4) is 0 Å². The van der Waals surface area contributed by atoms with E-state index < -0.39 is 18.5 Å². The molecule has 5 nitrogen and oxygen atoms in total. The quantitative estimate of drug-likeness (QED) is 0.818. The molecule has 1 rings (SSSR count). The SMILES string of the molecule is N#Cc1cc(C(=O)O)cc(OC(F)F)n1. The first kappa shape index (κ1) is 10.8. The topological polar surface area (TPSA) is 83.2 Å². The van der Waals surface area contributed by atoms with Gasteiger partial charge in [-0.05, 0) is 6.07 Å². The van der Waals surface area contributed by atoms with Crippen LogP contribution in [0.5, 0.6) is 5.88 Å². The van der Waals surface area contributed by atoms with E-state index in [0.29, 0.717) is 0 Å². The minimum Gasteiger partial charge on any atom is -0.478 e. The largest absolute Gasteiger partial charge is 0.478 e. The first-order valence-electron chi connectivity index (χ1n) is 3.63. The summed E-state index contributed by atoms with van der Waals surface area (Å²) >= 11 is 0. The summed E-state index contributed by atoms with van der Waals surface area (Å²) < 4.78 is 27.5. The second kappa shape index (κ2) is 4.32. The van der Waals surface area contributed by atoms with Crippen molar-refractivity contribution in [3.8, 4) is 11.9 Å². The van der Waals surface area contributed by atoms with Gasteiger partial charge in [0.2, 0.25) is 5.88 Å². The third-order valence-corrected chi connectivity index (χ3v) is 1.37. The highest BCUT2D eigenvalue weighted by atomic mass is 19.3. The van der Waals surface area contributed by atoms with Gasteiger partial charge in [-0.3, -0.25) is 0 Å². The Bertz CT molecular complexity index is 428. The molecule has 0 aromatic carbocycles. The number of halogens is 2. The smallest absolute Gasteiger partial charge is 0.388 e. The van der Waals surface area contributed by atoms with E-state index in [-0.39, 0.29) is 11.3 Å². The number of nitrogens with zero attached hydrogens (tertiary/aromatic N) is 2. The number of aromatic carboxylic acids is 1. The monoisotopic (exact) mass is 214 g/mol. The number of hydrogen-bond acceptors (Lipinski definition) is 4. The fourth-order valence-corrected chi connectivity index (χ4v) is 0.838. The van der Waals surface area contributed by atoms with Crippen molar-refractivity contribution < 1.29 is 23.4 Å².